The van der Waals surface area contributed by atoms with Gasteiger partial charge in [-0.2, -0.15) is 18.3 Å². The van der Waals surface area contributed by atoms with Gasteiger partial charge in [0, 0.05) is 60.2 Å². The molecular formula is C34H33F4N7O4. The lowest BCUT2D eigenvalue weighted by Crippen LogP contribution is -2.34. The van der Waals surface area contributed by atoms with Gasteiger partial charge in [-0.25, -0.2) is 19.0 Å². The van der Waals surface area contributed by atoms with Gasteiger partial charge in [-0.1, -0.05) is 32.0 Å². The molecule has 6 rings (SSSR count). The summed E-state index contributed by atoms with van der Waals surface area (Å²) in [5.74, 6) is -2.73. The van der Waals surface area contributed by atoms with E-state index in [1.807, 2.05) is 32.0 Å². The molecule has 4 N–H and O–H groups in total. The number of aliphatic carboxylic acids is 1. The minimum Gasteiger partial charge on any atom is -0.481 e. The van der Waals surface area contributed by atoms with E-state index in [-0.39, 0.29) is 24.7 Å². The SMILES string of the molecule is CCc1cccc(CC)c1-n1nc2c(c1-c1c(F)cc(COC(=O)C(N)CC(=O)O)c3[nH]ccc13)CN(c1ncc(C(F)(F)F)cn1)CC2. The first-order valence-corrected chi connectivity index (χ1v) is 15.7. The van der Waals surface area contributed by atoms with Crippen molar-refractivity contribution in [2.45, 2.75) is 64.9 Å². The van der Waals surface area contributed by atoms with Crippen LogP contribution in [0, 0.1) is 5.82 Å². The van der Waals surface area contributed by atoms with Gasteiger partial charge in [0.25, 0.3) is 0 Å². The number of aryl methyl sites for hydroxylation is 2. The summed E-state index contributed by atoms with van der Waals surface area (Å²) in [5.41, 5.74) is 10.4. The van der Waals surface area contributed by atoms with Crippen molar-refractivity contribution >= 4 is 28.8 Å². The standard InChI is InChI=1S/C34H33F4N7O4/c1-3-18-6-5-7-19(4-2)30(18)45-31(23-16-44(11-9-26(23)43-45)33-41-14-21(15-42-33)34(36,37)38)28-22-8-10-40-29(22)20(12-24(28)35)17-49-32(48)25(39)13-27(46)47/h5-8,10,12,14-15,25,40H,3-4,9,11,13,16-17,39H2,1-2H3,(H,46,47). The number of anilines is 1. The number of carboxylic acid groups (broad SMARTS) is 1. The predicted octanol–water partition coefficient (Wildman–Crippen LogP) is 5.50. The summed E-state index contributed by atoms with van der Waals surface area (Å²) >= 11 is 0. The molecule has 2 aromatic carbocycles. The van der Waals surface area contributed by atoms with Crippen LogP contribution < -0.4 is 10.6 Å². The summed E-state index contributed by atoms with van der Waals surface area (Å²) in [5, 5.41) is 14.5. The number of carboxylic acids is 1. The van der Waals surface area contributed by atoms with Gasteiger partial charge in [-0.3, -0.25) is 9.59 Å². The van der Waals surface area contributed by atoms with E-state index < -0.39 is 42.0 Å². The molecule has 4 heterocycles. The third kappa shape index (κ3) is 6.45. The molecular weight excluding hydrogens is 646 g/mol. The van der Waals surface area contributed by atoms with Crippen LogP contribution in [0.3, 0.4) is 0 Å². The summed E-state index contributed by atoms with van der Waals surface area (Å²) < 4.78 is 63.4. The van der Waals surface area contributed by atoms with Crippen molar-refractivity contribution < 1.29 is 37.0 Å². The van der Waals surface area contributed by atoms with Gasteiger partial charge in [0.05, 0.1) is 34.6 Å². The van der Waals surface area contributed by atoms with Gasteiger partial charge in [-0.15, -0.1) is 0 Å². The van der Waals surface area contributed by atoms with Crippen molar-refractivity contribution in [3.05, 3.63) is 88.3 Å². The molecule has 256 valence electrons. The number of para-hydroxylation sites is 1. The monoisotopic (exact) mass is 679 g/mol. The molecule has 0 amide bonds. The first kappa shape index (κ1) is 33.6. The molecule has 0 aliphatic carbocycles. The van der Waals surface area contributed by atoms with E-state index in [1.54, 1.807) is 21.8 Å². The molecule has 0 spiro atoms. The summed E-state index contributed by atoms with van der Waals surface area (Å²) in [6.07, 6.45) is -0.330. The predicted molar refractivity (Wildman–Crippen MR) is 171 cm³/mol. The third-order valence-corrected chi connectivity index (χ3v) is 8.64. The van der Waals surface area contributed by atoms with Crippen LogP contribution in [0.2, 0.25) is 0 Å². The Morgan fingerprint density at radius 2 is 1.80 bits per heavy atom. The van der Waals surface area contributed by atoms with Crippen LogP contribution >= 0.6 is 0 Å². The van der Waals surface area contributed by atoms with E-state index in [4.69, 9.17) is 20.7 Å². The molecule has 0 radical (unpaired) electrons. The zero-order valence-corrected chi connectivity index (χ0v) is 26.6. The van der Waals surface area contributed by atoms with E-state index in [1.165, 1.54) is 6.07 Å². The number of alkyl halides is 3. The number of nitrogens with one attached hydrogen (secondary N) is 1. The molecule has 3 aromatic heterocycles. The Hall–Kier alpha value is -5.31. The lowest BCUT2D eigenvalue weighted by molar-refractivity contribution is -0.150. The second-order valence-corrected chi connectivity index (χ2v) is 11.7. The molecule has 11 nitrogen and oxygen atoms in total. The molecule has 15 heteroatoms. The minimum absolute atomic E-state index is 0.103. The molecule has 5 aromatic rings. The number of hydrogen-bond acceptors (Lipinski definition) is 8. The quantitative estimate of drug-likeness (QED) is 0.128. The second kappa shape index (κ2) is 13.3. The fourth-order valence-corrected chi connectivity index (χ4v) is 6.23. The summed E-state index contributed by atoms with van der Waals surface area (Å²) in [6, 6.07) is 7.53. The number of nitrogens with zero attached hydrogens (tertiary/aromatic N) is 5. The molecule has 1 aliphatic rings. The largest absolute Gasteiger partial charge is 0.481 e. The Bertz CT molecular complexity index is 2020. The van der Waals surface area contributed by atoms with Crippen LogP contribution in [0.4, 0.5) is 23.5 Å². The fourth-order valence-electron chi connectivity index (χ4n) is 6.23. The van der Waals surface area contributed by atoms with Gasteiger partial charge in [0.1, 0.15) is 18.5 Å². The lowest BCUT2D eigenvalue weighted by Gasteiger charge is -2.27. The second-order valence-electron chi connectivity index (χ2n) is 11.7. The van der Waals surface area contributed by atoms with Crippen LogP contribution in [0.15, 0.2) is 48.9 Å². The first-order chi connectivity index (χ1) is 23.4. The topological polar surface area (TPSA) is 152 Å². The van der Waals surface area contributed by atoms with Crippen LogP contribution in [-0.4, -0.2) is 54.4 Å². The van der Waals surface area contributed by atoms with Crippen molar-refractivity contribution in [1.29, 1.82) is 0 Å². The average molecular weight is 680 g/mol. The lowest BCUT2D eigenvalue weighted by atomic mass is 9.95. The number of aromatic nitrogens is 5. The maximum absolute atomic E-state index is 16.6. The number of H-pyrrole nitrogens is 1. The molecule has 0 saturated carbocycles. The average Bonchev–Trinajstić information content (AvgIpc) is 3.71. The van der Waals surface area contributed by atoms with Gasteiger partial charge in [-0.05, 0) is 36.1 Å². The number of halogens is 4. The maximum atomic E-state index is 16.6. The van der Waals surface area contributed by atoms with Crippen LogP contribution in [0.5, 0.6) is 0 Å². The van der Waals surface area contributed by atoms with Crippen molar-refractivity contribution in [1.82, 2.24) is 24.7 Å². The van der Waals surface area contributed by atoms with Crippen LogP contribution in [0.1, 0.15) is 53.8 Å². The number of fused-ring (bicyclic) bond motifs is 2. The molecule has 0 saturated heterocycles. The highest BCUT2D eigenvalue weighted by Gasteiger charge is 2.34. The Labute approximate surface area is 277 Å². The molecule has 1 aliphatic heterocycles. The zero-order valence-electron chi connectivity index (χ0n) is 26.6. The Kier molecular flexibility index (Phi) is 9.12. The van der Waals surface area contributed by atoms with Crippen molar-refractivity contribution in [3.8, 4) is 16.9 Å². The van der Waals surface area contributed by atoms with Gasteiger partial charge in [0.15, 0.2) is 0 Å². The smallest absolute Gasteiger partial charge is 0.419 e. The zero-order chi connectivity index (χ0) is 35.0. The van der Waals surface area contributed by atoms with Crippen molar-refractivity contribution in [3.63, 3.8) is 0 Å². The summed E-state index contributed by atoms with van der Waals surface area (Å²) in [6.45, 7) is 4.21. The fraction of sp³-hybridized carbons (Fsp3) is 0.324. The van der Waals surface area contributed by atoms with Gasteiger partial charge >= 0.3 is 18.1 Å². The van der Waals surface area contributed by atoms with Crippen LogP contribution in [0.25, 0.3) is 27.8 Å². The Balaban J connectivity index is 1.49. The van der Waals surface area contributed by atoms with E-state index in [0.717, 1.165) is 29.2 Å². The highest BCUT2D eigenvalue weighted by molar-refractivity contribution is 5.98. The molecule has 1 unspecified atom stereocenters. The van der Waals surface area contributed by atoms with Crippen molar-refractivity contribution in [2.24, 2.45) is 5.73 Å². The van der Waals surface area contributed by atoms with Crippen LogP contribution in [-0.2, 0) is 52.9 Å². The van der Waals surface area contributed by atoms with E-state index in [2.05, 4.69) is 15.0 Å². The van der Waals surface area contributed by atoms with Crippen molar-refractivity contribution in [2.75, 3.05) is 11.4 Å². The number of benzene rings is 2. The van der Waals surface area contributed by atoms with E-state index in [9.17, 15) is 22.8 Å². The minimum atomic E-state index is -4.58. The number of rotatable bonds is 10. The number of nitrogens with two attached hydrogens (primary N) is 1. The summed E-state index contributed by atoms with van der Waals surface area (Å²) in [4.78, 5) is 36.2. The number of carbonyl (C=O) groups is 2. The Morgan fingerprint density at radius 3 is 2.43 bits per heavy atom. The number of aromatic amines is 1. The van der Waals surface area contributed by atoms with Gasteiger partial charge < -0.3 is 25.5 Å². The maximum Gasteiger partial charge on any atom is 0.419 e. The number of hydrogen-bond donors (Lipinski definition) is 3. The van der Waals surface area contributed by atoms with Gasteiger partial charge in [0.2, 0.25) is 5.95 Å². The number of carbonyl (C=O) groups excluding carboxylic acids is 1. The number of esters is 1. The Morgan fingerprint density at radius 1 is 1.10 bits per heavy atom. The first-order valence-electron chi connectivity index (χ1n) is 15.7. The highest BCUT2D eigenvalue weighted by atomic mass is 19.4. The summed E-state index contributed by atoms with van der Waals surface area (Å²) in [7, 11) is 0. The number of ether oxygens (including phenoxy) is 1. The van der Waals surface area contributed by atoms with E-state index in [0.29, 0.717) is 59.2 Å². The third-order valence-electron chi connectivity index (χ3n) is 8.64. The molecule has 49 heavy (non-hydrogen) atoms. The normalized spacial score (nSPS) is 13.8. The molecule has 1 atom stereocenters. The van der Waals surface area contributed by atoms with E-state index >= 15 is 4.39 Å². The highest BCUT2D eigenvalue weighted by Crippen LogP contribution is 2.41. The molecule has 0 bridgehead atoms. The molecule has 0 fully saturated rings.